The van der Waals surface area contributed by atoms with Crippen LogP contribution in [0.25, 0.3) is 0 Å². The highest BCUT2D eigenvalue weighted by Crippen LogP contribution is 2.32. The van der Waals surface area contributed by atoms with Gasteiger partial charge in [0.2, 0.25) is 6.43 Å². The molecule has 0 N–H and O–H groups in total. The van der Waals surface area contributed by atoms with Gasteiger partial charge >= 0.3 is 0 Å². The van der Waals surface area contributed by atoms with E-state index < -0.39 is 12.3 Å². The van der Waals surface area contributed by atoms with Gasteiger partial charge in [-0.25, -0.2) is 8.78 Å². The molecule has 78 valence electrons. The second-order valence-electron chi connectivity index (χ2n) is 2.94. The van der Waals surface area contributed by atoms with Crippen LogP contribution in [-0.4, -0.2) is 11.8 Å². The molecule has 1 aromatic rings. The molecule has 0 aliphatic heterocycles. The molecule has 1 aromatic carbocycles. The van der Waals surface area contributed by atoms with Crippen molar-refractivity contribution in [3.63, 3.8) is 0 Å². The first-order valence-corrected chi connectivity index (χ1v) is 6.16. The van der Waals surface area contributed by atoms with Gasteiger partial charge in [0, 0.05) is 15.7 Å². The molecule has 0 bridgehead atoms. The average Bonchev–Trinajstić information content (AvgIpc) is 2.15. The average molecular weight is 328 g/mol. The summed E-state index contributed by atoms with van der Waals surface area (Å²) in [6, 6.07) is 7.14. The predicted molar refractivity (Wildman–Crippen MR) is 61.3 cm³/mol. The van der Waals surface area contributed by atoms with E-state index in [1.54, 1.807) is 18.2 Å². The SMILES string of the molecule is FC(F)C(CCBr)c1ccccc1Br. The van der Waals surface area contributed by atoms with Crippen molar-refractivity contribution < 1.29 is 8.78 Å². The number of hydrogen-bond acceptors (Lipinski definition) is 0. The lowest BCUT2D eigenvalue weighted by Crippen LogP contribution is -2.10. The number of rotatable bonds is 4. The monoisotopic (exact) mass is 326 g/mol. The minimum atomic E-state index is -2.31. The highest BCUT2D eigenvalue weighted by atomic mass is 79.9. The third kappa shape index (κ3) is 3.02. The lowest BCUT2D eigenvalue weighted by molar-refractivity contribution is 0.112. The molecular weight excluding hydrogens is 318 g/mol. The van der Waals surface area contributed by atoms with Crippen molar-refractivity contribution >= 4 is 31.9 Å². The van der Waals surface area contributed by atoms with Crippen LogP contribution < -0.4 is 0 Å². The summed E-state index contributed by atoms with van der Waals surface area (Å²) in [5, 5.41) is 0.587. The first kappa shape index (κ1) is 12.1. The Hall–Kier alpha value is 0.0400. The van der Waals surface area contributed by atoms with Gasteiger partial charge in [-0.15, -0.1) is 0 Å². The Labute approximate surface area is 99.0 Å². The Morgan fingerprint density at radius 3 is 2.36 bits per heavy atom. The Balaban J connectivity index is 2.93. The van der Waals surface area contributed by atoms with Crippen LogP contribution in [0.4, 0.5) is 8.78 Å². The molecule has 0 nitrogen and oxygen atoms in total. The predicted octanol–water partition coefficient (Wildman–Crippen LogP) is 4.58. The van der Waals surface area contributed by atoms with E-state index in [1.807, 2.05) is 6.07 Å². The summed E-state index contributed by atoms with van der Waals surface area (Å²) >= 11 is 6.48. The quantitative estimate of drug-likeness (QED) is 0.710. The van der Waals surface area contributed by atoms with E-state index in [0.717, 1.165) is 4.47 Å². The van der Waals surface area contributed by atoms with Gasteiger partial charge in [-0.3, -0.25) is 0 Å². The molecule has 1 atom stereocenters. The zero-order valence-electron chi connectivity index (χ0n) is 7.39. The van der Waals surface area contributed by atoms with Gasteiger partial charge in [-0.1, -0.05) is 50.1 Å². The lowest BCUT2D eigenvalue weighted by atomic mass is 9.97. The van der Waals surface area contributed by atoms with Gasteiger partial charge in [0.05, 0.1) is 0 Å². The van der Waals surface area contributed by atoms with Gasteiger partial charge in [0.15, 0.2) is 0 Å². The van der Waals surface area contributed by atoms with Gasteiger partial charge in [-0.05, 0) is 18.1 Å². The molecule has 0 heterocycles. The van der Waals surface area contributed by atoms with Crippen LogP contribution in [0, 0.1) is 0 Å². The van der Waals surface area contributed by atoms with Crippen molar-refractivity contribution in [3.05, 3.63) is 34.3 Å². The summed E-state index contributed by atoms with van der Waals surface area (Å²) in [5.74, 6) is -0.690. The zero-order chi connectivity index (χ0) is 10.6. The molecule has 0 aliphatic carbocycles. The van der Waals surface area contributed by atoms with Crippen molar-refractivity contribution in [3.8, 4) is 0 Å². The van der Waals surface area contributed by atoms with Gasteiger partial charge < -0.3 is 0 Å². The molecule has 0 aliphatic rings. The van der Waals surface area contributed by atoms with Crippen molar-refractivity contribution in [1.82, 2.24) is 0 Å². The van der Waals surface area contributed by atoms with E-state index in [0.29, 0.717) is 17.3 Å². The summed E-state index contributed by atoms with van der Waals surface area (Å²) in [6.45, 7) is 0. The fourth-order valence-electron chi connectivity index (χ4n) is 1.31. The van der Waals surface area contributed by atoms with Crippen LogP contribution in [0.3, 0.4) is 0 Å². The fourth-order valence-corrected chi connectivity index (χ4v) is 2.38. The molecule has 1 unspecified atom stereocenters. The normalized spacial score (nSPS) is 13.2. The largest absolute Gasteiger partial charge is 0.245 e. The molecular formula is C10H10Br2F2. The van der Waals surface area contributed by atoms with Crippen LogP contribution in [0.5, 0.6) is 0 Å². The third-order valence-corrected chi connectivity index (χ3v) is 3.21. The van der Waals surface area contributed by atoms with Crippen LogP contribution in [0.1, 0.15) is 17.9 Å². The van der Waals surface area contributed by atoms with E-state index in [1.165, 1.54) is 0 Å². The molecule has 0 saturated heterocycles. The third-order valence-electron chi connectivity index (χ3n) is 2.03. The molecule has 0 fully saturated rings. The molecule has 0 spiro atoms. The van der Waals surface area contributed by atoms with E-state index in [2.05, 4.69) is 31.9 Å². The summed E-state index contributed by atoms with van der Waals surface area (Å²) in [4.78, 5) is 0. The van der Waals surface area contributed by atoms with Gasteiger partial charge in [0.1, 0.15) is 0 Å². The summed E-state index contributed by atoms with van der Waals surface area (Å²) in [5.41, 5.74) is 0.682. The summed E-state index contributed by atoms with van der Waals surface area (Å²) in [7, 11) is 0. The van der Waals surface area contributed by atoms with Crippen LogP contribution in [0.15, 0.2) is 28.7 Å². The first-order chi connectivity index (χ1) is 6.66. The summed E-state index contributed by atoms with van der Waals surface area (Å²) < 4.78 is 26.2. The minimum Gasteiger partial charge on any atom is -0.210 e. The molecule has 14 heavy (non-hydrogen) atoms. The molecule has 0 aromatic heterocycles. The lowest BCUT2D eigenvalue weighted by Gasteiger charge is -2.16. The van der Waals surface area contributed by atoms with Crippen LogP contribution in [-0.2, 0) is 0 Å². The summed E-state index contributed by atoms with van der Waals surface area (Å²) in [6.07, 6.45) is -1.87. The first-order valence-electron chi connectivity index (χ1n) is 4.25. The molecule has 0 saturated carbocycles. The topological polar surface area (TPSA) is 0 Å². The molecule has 4 heteroatoms. The van der Waals surface area contributed by atoms with Crippen molar-refractivity contribution in [2.45, 2.75) is 18.8 Å². The highest BCUT2D eigenvalue weighted by molar-refractivity contribution is 9.10. The second kappa shape index (κ2) is 5.81. The standard InChI is InChI=1S/C10H10Br2F2/c11-6-5-8(10(13)14)7-3-1-2-4-9(7)12/h1-4,8,10H,5-6H2. The fraction of sp³-hybridized carbons (Fsp3) is 0.400. The number of benzene rings is 1. The van der Waals surface area contributed by atoms with Crippen LogP contribution >= 0.6 is 31.9 Å². The molecule has 0 radical (unpaired) electrons. The van der Waals surface area contributed by atoms with E-state index in [9.17, 15) is 8.78 Å². The highest BCUT2D eigenvalue weighted by Gasteiger charge is 2.23. The maximum atomic E-state index is 12.7. The number of alkyl halides is 3. The smallest absolute Gasteiger partial charge is 0.210 e. The number of hydrogen-bond donors (Lipinski definition) is 0. The van der Waals surface area contributed by atoms with Gasteiger partial charge in [0.25, 0.3) is 0 Å². The molecule has 1 rings (SSSR count). The van der Waals surface area contributed by atoms with E-state index >= 15 is 0 Å². The van der Waals surface area contributed by atoms with Crippen molar-refractivity contribution in [2.24, 2.45) is 0 Å². The Morgan fingerprint density at radius 1 is 1.21 bits per heavy atom. The van der Waals surface area contributed by atoms with Crippen molar-refractivity contribution in [1.29, 1.82) is 0 Å². The maximum absolute atomic E-state index is 12.7. The Kier molecular flexibility index (Phi) is 5.02. The Bertz CT molecular complexity index is 289. The van der Waals surface area contributed by atoms with Gasteiger partial charge in [-0.2, -0.15) is 0 Å². The zero-order valence-corrected chi connectivity index (χ0v) is 10.6. The minimum absolute atomic E-state index is 0.445. The maximum Gasteiger partial charge on any atom is 0.245 e. The van der Waals surface area contributed by atoms with E-state index in [4.69, 9.17) is 0 Å². The van der Waals surface area contributed by atoms with Crippen LogP contribution in [0.2, 0.25) is 0 Å². The van der Waals surface area contributed by atoms with E-state index in [-0.39, 0.29) is 0 Å². The van der Waals surface area contributed by atoms with Crippen molar-refractivity contribution in [2.75, 3.05) is 5.33 Å². The second-order valence-corrected chi connectivity index (χ2v) is 4.59. The molecule has 0 amide bonds. The number of halogens is 4. The Morgan fingerprint density at radius 2 is 1.86 bits per heavy atom.